The van der Waals surface area contributed by atoms with Crippen molar-refractivity contribution in [2.24, 2.45) is 5.41 Å². The maximum Gasteiger partial charge on any atom is 0.253 e. The van der Waals surface area contributed by atoms with Gasteiger partial charge in [0, 0.05) is 18.7 Å². The molecule has 0 atom stereocenters. The summed E-state index contributed by atoms with van der Waals surface area (Å²) in [4.78, 5) is 14.8. The number of halogens is 1. The maximum absolute atomic E-state index is 12.8. The number of nitrogens with one attached hydrogen (secondary N) is 1. The molecule has 140 valence electrons. The maximum atomic E-state index is 12.8. The number of benzene rings is 1. The molecule has 2 fully saturated rings. The van der Waals surface area contributed by atoms with Crippen LogP contribution in [0, 0.1) is 5.41 Å². The fourth-order valence-corrected chi connectivity index (χ4v) is 3.90. The highest BCUT2D eigenvalue weighted by Gasteiger charge is 2.36. The molecule has 5 nitrogen and oxygen atoms in total. The number of hydrogen-bond acceptors (Lipinski definition) is 4. The van der Waals surface area contributed by atoms with Crippen molar-refractivity contribution in [3.8, 4) is 11.5 Å². The van der Waals surface area contributed by atoms with Gasteiger partial charge in [0.05, 0.1) is 13.7 Å². The standard InChI is InChI=1S/C19H28N2O3.ClH/c1-3-24-17-14-15(4-5-16(17)23-2)18(22)21-12-8-19(9-13-21)6-10-20-11-7-19;/h4-5,14,20H,3,6-13H2,1-2H3;1H. The van der Waals surface area contributed by atoms with Crippen molar-refractivity contribution in [3.63, 3.8) is 0 Å². The molecular weight excluding hydrogens is 340 g/mol. The van der Waals surface area contributed by atoms with Gasteiger partial charge >= 0.3 is 0 Å². The number of rotatable bonds is 4. The van der Waals surface area contributed by atoms with Crippen LogP contribution >= 0.6 is 12.4 Å². The summed E-state index contributed by atoms with van der Waals surface area (Å²) < 4.78 is 10.9. The van der Waals surface area contributed by atoms with E-state index in [0.29, 0.717) is 29.1 Å². The zero-order chi connectivity index (χ0) is 17.0. The highest BCUT2D eigenvalue weighted by molar-refractivity contribution is 5.95. The van der Waals surface area contributed by atoms with E-state index in [2.05, 4.69) is 5.32 Å². The van der Waals surface area contributed by atoms with Crippen LogP contribution in [0.2, 0.25) is 0 Å². The molecule has 0 radical (unpaired) electrons. The summed E-state index contributed by atoms with van der Waals surface area (Å²) in [7, 11) is 1.61. The molecule has 2 aliphatic rings. The van der Waals surface area contributed by atoms with Crippen LogP contribution in [-0.2, 0) is 0 Å². The minimum Gasteiger partial charge on any atom is -0.493 e. The van der Waals surface area contributed by atoms with Gasteiger partial charge in [0.2, 0.25) is 0 Å². The number of amides is 1. The molecule has 1 aromatic rings. The second kappa shape index (κ2) is 8.77. The van der Waals surface area contributed by atoms with Gasteiger partial charge in [-0.3, -0.25) is 4.79 Å². The van der Waals surface area contributed by atoms with E-state index in [0.717, 1.165) is 39.0 Å². The van der Waals surface area contributed by atoms with Gasteiger partial charge in [-0.05, 0) is 69.3 Å². The molecule has 0 unspecified atom stereocenters. The average molecular weight is 369 g/mol. The van der Waals surface area contributed by atoms with Crippen molar-refractivity contribution >= 4 is 18.3 Å². The van der Waals surface area contributed by atoms with Crippen LogP contribution in [0.4, 0.5) is 0 Å². The normalized spacial score (nSPS) is 19.2. The van der Waals surface area contributed by atoms with Crippen LogP contribution in [-0.4, -0.2) is 50.7 Å². The minimum atomic E-state index is 0. The van der Waals surface area contributed by atoms with Gasteiger partial charge in [-0.25, -0.2) is 0 Å². The lowest BCUT2D eigenvalue weighted by Gasteiger charge is -2.44. The lowest BCUT2D eigenvalue weighted by atomic mass is 9.71. The number of piperidine rings is 2. The Morgan fingerprint density at radius 3 is 2.44 bits per heavy atom. The largest absolute Gasteiger partial charge is 0.493 e. The molecule has 0 aromatic heterocycles. The fraction of sp³-hybridized carbons (Fsp3) is 0.632. The van der Waals surface area contributed by atoms with Crippen LogP contribution < -0.4 is 14.8 Å². The number of methoxy groups -OCH3 is 1. The van der Waals surface area contributed by atoms with E-state index in [1.807, 2.05) is 24.0 Å². The van der Waals surface area contributed by atoms with Crippen LogP contribution in [0.1, 0.15) is 43.0 Å². The summed E-state index contributed by atoms with van der Waals surface area (Å²) in [5.74, 6) is 1.40. The molecular formula is C19H29ClN2O3. The molecule has 1 N–H and O–H groups in total. The first-order valence-corrected chi connectivity index (χ1v) is 8.98. The molecule has 25 heavy (non-hydrogen) atoms. The Labute approximate surface area is 156 Å². The third-order valence-electron chi connectivity index (χ3n) is 5.49. The SMILES string of the molecule is CCOc1cc(C(=O)N2CCC3(CCNCC3)CC2)ccc1OC.Cl. The molecule has 6 heteroatoms. The van der Waals surface area contributed by atoms with Crippen molar-refractivity contribution in [3.05, 3.63) is 23.8 Å². The fourth-order valence-electron chi connectivity index (χ4n) is 3.90. The second-order valence-electron chi connectivity index (χ2n) is 6.84. The first-order valence-electron chi connectivity index (χ1n) is 8.98. The van der Waals surface area contributed by atoms with Crippen LogP contribution in [0.25, 0.3) is 0 Å². The van der Waals surface area contributed by atoms with E-state index in [4.69, 9.17) is 9.47 Å². The smallest absolute Gasteiger partial charge is 0.253 e. The Morgan fingerprint density at radius 1 is 1.16 bits per heavy atom. The quantitative estimate of drug-likeness (QED) is 0.887. The third kappa shape index (κ3) is 4.39. The van der Waals surface area contributed by atoms with Crippen molar-refractivity contribution in [2.45, 2.75) is 32.6 Å². The highest BCUT2D eigenvalue weighted by atomic mass is 35.5. The Morgan fingerprint density at radius 2 is 1.84 bits per heavy atom. The second-order valence-corrected chi connectivity index (χ2v) is 6.84. The molecule has 2 saturated heterocycles. The summed E-state index contributed by atoms with van der Waals surface area (Å²) in [6, 6.07) is 5.45. The number of nitrogens with zero attached hydrogens (tertiary/aromatic N) is 1. The molecule has 0 bridgehead atoms. The Bertz CT molecular complexity index is 578. The third-order valence-corrected chi connectivity index (χ3v) is 5.49. The van der Waals surface area contributed by atoms with E-state index in [1.54, 1.807) is 13.2 Å². The number of carbonyl (C=O) groups is 1. The highest BCUT2D eigenvalue weighted by Crippen LogP contribution is 2.40. The molecule has 1 aromatic carbocycles. The van der Waals surface area contributed by atoms with E-state index in [9.17, 15) is 4.79 Å². The molecule has 0 saturated carbocycles. The predicted molar refractivity (Wildman–Crippen MR) is 101 cm³/mol. The van der Waals surface area contributed by atoms with Gasteiger partial charge in [0.15, 0.2) is 11.5 Å². The van der Waals surface area contributed by atoms with Crippen molar-refractivity contribution in [2.75, 3.05) is 39.9 Å². The zero-order valence-electron chi connectivity index (χ0n) is 15.2. The van der Waals surface area contributed by atoms with E-state index >= 15 is 0 Å². The first-order chi connectivity index (χ1) is 11.7. The van der Waals surface area contributed by atoms with Crippen LogP contribution in [0.3, 0.4) is 0 Å². The van der Waals surface area contributed by atoms with Crippen molar-refractivity contribution < 1.29 is 14.3 Å². The van der Waals surface area contributed by atoms with Gasteiger partial charge in [0.1, 0.15) is 0 Å². The Balaban J connectivity index is 0.00000225. The van der Waals surface area contributed by atoms with Gasteiger partial charge < -0.3 is 19.7 Å². The molecule has 1 spiro atoms. The van der Waals surface area contributed by atoms with E-state index in [-0.39, 0.29) is 18.3 Å². The molecule has 2 aliphatic heterocycles. The summed E-state index contributed by atoms with van der Waals surface area (Å²) in [6.45, 7) is 6.42. The van der Waals surface area contributed by atoms with Gasteiger partial charge in [-0.2, -0.15) is 0 Å². The molecule has 0 aliphatic carbocycles. The molecule has 3 rings (SSSR count). The lowest BCUT2D eigenvalue weighted by molar-refractivity contribution is 0.0495. The topological polar surface area (TPSA) is 50.8 Å². The number of likely N-dealkylation sites (tertiary alicyclic amines) is 1. The molecule has 2 heterocycles. The number of hydrogen-bond donors (Lipinski definition) is 1. The van der Waals surface area contributed by atoms with E-state index in [1.165, 1.54) is 12.8 Å². The number of carbonyl (C=O) groups excluding carboxylic acids is 1. The first kappa shape index (κ1) is 19.9. The Kier molecular flexibility index (Phi) is 6.96. The van der Waals surface area contributed by atoms with Crippen LogP contribution in [0.5, 0.6) is 11.5 Å². The summed E-state index contributed by atoms with van der Waals surface area (Å²) in [6.07, 6.45) is 4.72. The predicted octanol–water partition coefficient (Wildman–Crippen LogP) is 3.12. The van der Waals surface area contributed by atoms with Crippen molar-refractivity contribution in [1.82, 2.24) is 10.2 Å². The Hall–Kier alpha value is -1.46. The van der Waals surface area contributed by atoms with Crippen LogP contribution in [0.15, 0.2) is 18.2 Å². The zero-order valence-corrected chi connectivity index (χ0v) is 16.0. The summed E-state index contributed by atoms with van der Waals surface area (Å²) in [5.41, 5.74) is 1.14. The van der Waals surface area contributed by atoms with Gasteiger partial charge in [0.25, 0.3) is 5.91 Å². The lowest BCUT2D eigenvalue weighted by Crippen LogP contribution is -2.47. The monoisotopic (exact) mass is 368 g/mol. The van der Waals surface area contributed by atoms with Gasteiger partial charge in [-0.15, -0.1) is 12.4 Å². The molecule has 1 amide bonds. The van der Waals surface area contributed by atoms with Crippen molar-refractivity contribution in [1.29, 1.82) is 0 Å². The summed E-state index contributed by atoms with van der Waals surface area (Å²) >= 11 is 0. The minimum absolute atomic E-state index is 0. The summed E-state index contributed by atoms with van der Waals surface area (Å²) in [5, 5.41) is 3.44. The van der Waals surface area contributed by atoms with E-state index < -0.39 is 0 Å². The average Bonchev–Trinajstić information content (AvgIpc) is 2.63. The number of ether oxygens (including phenoxy) is 2. The van der Waals surface area contributed by atoms with Gasteiger partial charge in [-0.1, -0.05) is 0 Å².